The van der Waals surface area contributed by atoms with Gasteiger partial charge < -0.3 is 15.4 Å². The Morgan fingerprint density at radius 2 is 1.67 bits per heavy atom. The first-order valence-electron chi connectivity index (χ1n) is 10.0. The number of carbonyl (C=O) groups is 2. The van der Waals surface area contributed by atoms with E-state index < -0.39 is 6.10 Å². The van der Waals surface area contributed by atoms with E-state index in [9.17, 15) is 9.59 Å². The van der Waals surface area contributed by atoms with E-state index in [1.807, 2.05) is 68.4 Å². The molecule has 0 radical (unpaired) electrons. The minimum absolute atomic E-state index is 0.248. The van der Waals surface area contributed by atoms with E-state index >= 15 is 0 Å². The molecule has 5 heteroatoms. The number of rotatable bonds is 8. The molecule has 0 saturated heterocycles. The second-order valence-corrected chi connectivity index (χ2v) is 7.03. The molecule has 3 rings (SSSR count). The summed E-state index contributed by atoms with van der Waals surface area (Å²) in [6, 6.07) is 24.2. The smallest absolute Gasteiger partial charge is 0.265 e. The summed E-state index contributed by atoms with van der Waals surface area (Å²) < 4.78 is 5.87. The maximum absolute atomic E-state index is 12.8. The predicted octanol–water partition coefficient (Wildman–Crippen LogP) is 4.72. The normalized spacial score (nSPS) is 11.4. The summed E-state index contributed by atoms with van der Waals surface area (Å²) in [6.07, 6.45) is -0.158. The number of anilines is 1. The van der Waals surface area contributed by atoms with Gasteiger partial charge in [-0.3, -0.25) is 9.59 Å². The molecule has 0 fully saturated rings. The maximum atomic E-state index is 12.8. The van der Waals surface area contributed by atoms with Crippen molar-refractivity contribution in [2.45, 2.75) is 32.9 Å². The first-order chi connectivity index (χ1) is 14.6. The fraction of sp³-hybridized carbons (Fsp3) is 0.200. The van der Waals surface area contributed by atoms with Crippen LogP contribution in [0.3, 0.4) is 0 Å². The van der Waals surface area contributed by atoms with Crippen molar-refractivity contribution in [1.29, 1.82) is 0 Å². The fourth-order valence-electron chi connectivity index (χ4n) is 3.05. The summed E-state index contributed by atoms with van der Waals surface area (Å²) in [7, 11) is 0. The number of ether oxygens (including phenoxy) is 1. The van der Waals surface area contributed by atoms with Gasteiger partial charge in [-0.25, -0.2) is 0 Å². The highest BCUT2D eigenvalue weighted by atomic mass is 16.5. The molecule has 2 N–H and O–H groups in total. The predicted molar refractivity (Wildman–Crippen MR) is 119 cm³/mol. The standard InChI is InChI=1S/C25H26N2O3/c1-3-23(30-20-13-9-10-18(2)16-20)25(29)27-22-15-8-7-14-21(22)24(28)26-17-19-11-5-4-6-12-19/h4-16,23H,3,17H2,1-2H3,(H,26,28)(H,27,29)/t23-/m0/s1. The Bertz CT molecular complexity index is 1000. The molecule has 0 aliphatic heterocycles. The van der Waals surface area contributed by atoms with E-state index in [-0.39, 0.29) is 11.8 Å². The molecule has 0 aliphatic rings. The molecule has 0 spiro atoms. The van der Waals surface area contributed by atoms with Gasteiger partial charge in [0.25, 0.3) is 11.8 Å². The second kappa shape index (κ2) is 10.3. The second-order valence-electron chi connectivity index (χ2n) is 7.03. The molecule has 0 bridgehead atoms. The Balaban J connectivity index is 1.68. The van der Waals surface area contributed by atoms with E-state index in [0.29, 0.717) is 30.0 Å². The van der Waals surface area contributed by atoms with Crippen LogP contribution in [0.4, 0.5) is 5.69 Å². The Morgan fingerprint density at radius 1 is 0.933 bits per heavy atom. The number of aryl methyl sites for hydroxylation is 1. The van der Waals surface area contributed by atoms with Crippen LogP contribution in [0, 0.1) is 6.92 Å². The summed E-state index contributed by atoms with van der Waals surface area (Å²) in [4.78, 5) is 25.5. The van der Waals surface area contributed by atoms with Crippen LogP contribution < -0.4 is 15.4 Å². The van der Waals surface area contributed by atoms with Crippen molar-refractivity contribution < 1.29 is 14.3 Å². The van der Waals surface area contributed by atoms with Gasteiger partial charge in [0.15, 0.2) is 6.10 Å². The lowest BCUT2D eigenvalue weighted by Crippen LogP contribution is -2.33. The lowest BCUT2D eigenvalue weighted by molar-refractivity contribution is -0.122. The molecule has 2 amide bonds. The highest BCUT2D eigenvalue weighted by Crippen LogP contribution is 2.19. The van der Waals surface area contributed by atoms with Crippen molar-refractivity contribution in [1.82, 2.24) is 5.32 Å². The molecular weight excluding hydrogens is 376 g/mol. The van der Waals surface area contributed by atoms with Gasteiger partial charge in [-0.1, -0.05) is 61.5 Å². The SMILES string of the molecule is CC[C@H](Oc1cccc(C)c1)C(=O)Nc1ccccc1C(=O)NCc1ccccc1. The highest BCUT2D eigenvalue weighted by Gasteiger charge is 2.21. The molecule has 3 aromatic rings. The zero-order valence-corrected chi connectivity index (χ0v) is 17.2. The Hall–Kier alpha value is -3.60. The van der Waals surface area contributed by atoms with Crippen molar-refractivity contribution >= 4 is 17.5 Å². The molecule has 0 saturated carbocycles. The summed E-state index contributed by atoms with van der Waals surface area (Å²) in [5, 5.41) is 5.75. The first kappa shape index (κ1) is 21.1. The number of carbonyl (C=O) groups excluding carboxylic acids is 2. The van der Waals surface area contributed by atoms with Crippen molar-refractivity contribution in [3.63, 3.8) is 0 Å². The first-order valence-corrected chi connectivity index (χ1v) is 10.0. The van der Waals surface area contributed by atoms with E-state index in [1.54, 1.807) is 24.3 Å². The van der Waals surface area contributed by atoms with Gasteiger partial charge in [-0.2, -0.15) is 0 Å². The van der Waals surface area contributed by atoms with Crippen LogP contribution in [-0.2, 0) is 11.3 Å². The molecule has 5 nitrogen and oxygen atoms in total. The van der Waals surface area contributed by atoms with Gasteiger partial charge in [-0.05, 0) is 48.7 Å². The Labute approximate surface area is 177 Å². The zero-order valence-electron chi connectivity index (χ0n) is 17.2. The van der Waals surface area contributed by atoms with Crippen LogP contribution in [0.2, 0.25) is 0 Å². The molecule has 30 heavy (non-hydrogen) atoms. The van der Waals surface area contributed by atoms with Gasteiger partial charge in [-0.15, -0.1) is 0 Å². The summed E-state index contributed by atoms with van der Waals surface area (Å²) >= 11 is 0. The van der Waals surface area contributed by atoms with Crippen LogP contribution in [0.5, 0.6) is 5.75 Å². The summed E-state index contributed by atoms with van der Waals surface area (Å²) in [5.41, 5.74) is 2.93. The van der Waals surface area contributed by atoms with Gasteiger partial charge in [0.1, 0.15) is 5.75 Å². The van der Waals surface area contributed by atoms with E-state index in [2.05, 4.69) is 10.6 Å². The van der Waals surface area contributed by atoms with Crippen LogP contribution in [0.1, 0.15) is 34.8 Å². The minimum Gasteiger partial charge on any atom is -0.481 e. The lowest BCUT2D eigenvalue weighted by atomic mass is 10.1. The molecule has 0 aromatic heterocycles. The third-order valence-electron chi connectivity index (χ3n) is 4.66. The summed E-state index contributed by atoms with van der Waals surface area (Å²) in [5.74, 6) is 0.107. The monoisotopic (exact) mass is 402 g/mol. The topological polar surface area (TPSA) is 67.4 Å². The number of hydrogen-bond acceptors (Lipinski definition) is 3. The lowest BCUT2D eigenvalue weighted by Gasteiger charge is -2.19. The van der Waals surface area contributed by atoms with E-state index in [0.717, 1.165) is 11.1 Å². The molecule has 1 atom stereocenters. The average molecular weight is 402 g/mol. The number of hydrogen-bond donors (Lipinski definition) is 2. The fourth-order valence-corrected chi connectivity index (χ4v) is 3.05. The minimum atomic E-state index is -0.660. The van der Waals surface area contributed by atoms with Crippen molar-refractivity contribution in [3.05, 3.63) is 95.6 Å². The Kier molecular flexibility index (Phi) is 7.22. The maximum Gasteiger partial charge on any atom is 0.265 e. The van der Waals surface area contributed by atoms with Gasteiger partial charge in [0.2, 0.25) is 0 Å². The third-order valence-corrected chi connectivity index (χ3v) is 4.66. The highest BCUT2D eigenvalue weighted by molar-refractivity contribution is 6.04. The average Bonchev–Trinajstić information content (AvgIpc) is 2.77. The molecule has 0 heterocycles. The number of para-hydroxylation sites is 1. The molecule has 154 valence electrons. The van der Waals surface area contributed by atoms with E-state index in [4.69, 9.17) is 4.74 Å². The van der Waals surface area contributed by atoms with Crippen molar-refractivity contribution in [3.8, 4) is 5.75 Å². The van der Waals surface area contributed by atoms with Gasteiger partial charge >= 0.3 is 0 Å². The van der Waals surface area contributed by atoms with Crippen LogP contribution in [0.15, 0.2) is 78.9 Å². The number of nitrogens with one attached hydrogen (secondary N) is 2. The molecule has 3 aromatic carbocycles. The zero-order chi connectivity index (χ0) is 21.3. The Morgan fingerprint density at radius 3 is 2.40 bits per heavy atom. The number of amides is 2. The van der Waals surface area contributed by atoms with Crippen LogP contribution >= 0.6 is 0 Å². The van der Waals surface area contributed by atoms with Gasteiger partial charge in [0, 0.05) is 6.54 Å². The van der Waals surface area contributed by atoms with E-state index in [1.165, 1.54) is 0 Å². The quantitative estimate of drug-likeness (QED) is 0.573. The number of benzene rings is 3. The van der Waals surface area contributed by atoms with Crippen molar-refractivity contribution in [2.75, 3.05) is 5.32 Å². The summed E-state index contributed by atoms with van der Waals surface area (Å²) in [6.45, 7) is 4.27. The largest absolute Gasteiger partial charge is 0.481 e. The van der Waals surface area contributed by atoms with Crippen LogP contribution in [-0.4, -0.2) is 17.9 Å². The molecular formula is C25H26N2O3. The molecule has 0 unspecified atom stereocenters. The van der Waals surface area contributed by atoms with Crippen molar-refractivity contribution in [2.24, 2.45) is 0 Å². The molecule has 0 aliphatic carbocycles. The van der Waals surface area contributed by atoms with Gasteiger partial charge in [0.05, 0.1) is 11.3 Å². The van der Waals surface area contributed by atoms with Crippen LogP contribution in [0.25, 0.3) is 0 Å². The third kappa shape index (κ3) is 5.70.